The second kappa shape index (κ2) is 26.8. The van der Waals surface area contributed by atoms with Gasteiger partial charge < -0.3 is 55.8 Å². The minimum atomic E-state index is -1.13. The summed E-state index contributed by atoms with van der Waals surface area (Å²) in [7, 11) is 0. The first-order valence-corrected chi connectivity index (χ1v) is 18.7. The largest absolute Gasteiger partial charge is 0.491 e. The Morgan fingerprint density at radius 1 is 0.793 bits per heavy atom. The van der Waals surface area contributed by atoms with E-state index in [2.05, 4.69) is 31.3 Å². The minimum absolute atomic E-state index is 0.180. The zero-order valence-corrected chi connectivity index (χ0v) is 32.5. The van der Waals surface area contributed by atoms with Crippen molar-refractivity contribution < 1.29 is 52.8 Å². The third kappa shape index (κ3) is 17.9. The Kier molecular flexibility index (Phi) is 21.4. The minimum Gasteiger partial charge on any atom is -0.491 e. The molecule has 2 atom stereocenters. The van der Waals surface area contributed by atoms with E-state index in [1.165, 1.54) is 6.92 Å². The van der Waals surface area contributed by atoms with Crippen molar-refractivity contribution in [1.82, 2.24) is 21.3 Å². The molecule has 19 heteroatoms. The summed E-state index contributed by atoms with van der Waals surface area (Å²) >= 11 is 0. The van der Waals surface area contributed by atoms with E-state index in [1.807, 2.05) is 48.5 Å². The Labute approximate surface area is 335 Å². The number of nitrogens with one attached hydrogen (secondary N) is 4. The van der Waals surface area contributed by atoms with Gasteiger partial charge in [0.05, 0.1) is 71.9 Å². The Morgan fingerprint density at radius 3 is 2.02 bits per heavy atom. The van der Waals surface area contributed by atoms with Crippen molar-refractivity contribution in [3.63, 3.8) is 0 Å². The van der Waals surface area contributed by atoms with Crippen LogP contribution in [0.25, 0.3) is 32.3 Å². The Morgan fingerprint density at radius 2 is 1.41 bits per heavy atom. The van der Waals surface area contributed by atoms with Crippen molar-refractivity contribution >= 4 is 40.5 Å². The lowest BCUT2D eigenvalue weighted by atomic mass is 9.95. The summed E-state index contributed by atoms with van der Waals surface area (Å²) in [6.45, 7) is 4.82. The molecule has 19 nitrogen and oxygen atoms in total. The average Bonchev–Trinajstić information content (AvgIpc) is 3.20. The zero-order valence-electron chi connectivity index (χ0n) is 32.5. The van der Waals surface area contributed by atoms with Gasteiger partial charge in [0, 0.05) is 30.3 Å². The standard InChI is InChI=1S/C39H52N8O11/c1-27(48)45-33(7-4-14-42-39(40)53)38(52)43-26-36(49)46-34(25-37(50)51)29-10-8-28(9-11-29)30-12-13-35(32-6-3-2-5-31(30)32)58-24-23-57-22-21-56-20-19-55-18-17-54-16-15-44-47-41/h2-3,5-6,8-13,33-34H,4,7,14-26H2,1H3,(H,43,52)(H,45,48)(H,46,49)(H,50,51)(H3,40,42,53). The molecule has 3 aromatic rings. The average molecular weight is 809 g/mol. The summed E-state index contributed by atoms with van der Waals surface area (Å²) in [6, 6.07) is 16.3. The molecule has 0 aliphatic heterocycles. The van der Waals surface area contributed by atoms with Crippen molar-refractivity contribution in [3.8, 4) is 16.9 Å². The normalized spacial score (nSPS) is 11.8. The predicted octanol–water partition coefficient (Wildman–Crippen LogP) is 2.96. The second-order valence-corrected chi connectivity index (χ2v) is 12.7. The number of azide groups is 1. The number of hydrogen-bond donors (Lipinski definition) is 6. The van der Waals surface area contributed by atoms with Crippen molar-refractivity contribution in [2.45, 2.75) is 38.3 Å². The summed E-state index contributed by atoms with van der Waals surface area (Å²) in [5, 5.41) is 24.9. The molecule has 2 unspecified atom stereocenters. The summed E-state index contributed by atoms with van der Waals surface area (Å²) in [4.78, 5) is 62.6. The van der Waals surface area contributed by atoms with Crippen LogP contribution in [0, 0.1) is 0 Å². The molecule has 0 spiro atoms. The molecule has 0 fully saturated rings. The Hall–Kier alpha value is -5.98. The maximum atomic E-state index is 12.9. The van der Waals surface area contributed by atoms with Gasteiger partial charge in [-0.3, -0.25) is 19.2 Å². The first-order valence-electron chi connectivity index (χ1n) is 18.7. The number of carboxylic acids is 1. The van der Waals surface area contributed by atoms with E-state index >= 15 is 0 Å². The third-order valence-corrected chi connectivity index (χ3v) is 8.31. The number of amides is 5. The number of rotatable bonds is 29. The van der Waals surface area contributed by atoms with Gasteiger partial charge in [-0.05, 0) is 46.5 Å². The lowest BCUT2D eigenvalue weighted by Gasteiger charge is -2.20. The first kappa shape index (κ1) is 46.4. The molecular weight excluding hydrogens is 756 g/mol. The van der Waals surface area contributed by atoms with Crippen LogP contribution in [-0.2, 0) is 38.1 Å². The fourth-order valence-corrected chi connectivity index (χ4v) is 5.66. The van der Waals surface area contributed by atoms with Gasteiger partial charge in [0.2, 0.25) is 17.7 Å². The molecule has 3 aromatic carbocycles. The molecule has 314 valence electrons. The van der Waals surface area contributed by atoms with Crippen LogP contribution in [0.4, 0.5) is 4.79 Å². The highest BCUT2D eigenvalue weighted by molar-refractivity contribution is 6.00. The van der Waals surface area contributed by atoms with Crippen LogP contribution in [0.5, 0.6) is 5.75 Å². The molecule has 7 N–H and O–H groups in total. The third-order valence-electron chi connectivity index (χ3n) is 8.31. The number of nitrogens with zero attached hydrogens (tertiary/aromatic N) is 3. The number of carbonyl (C=O) groups is 5. The molecular formula is C39H52N8O11. The number of ether oxygens (including phenoxy) is 5. The van der Waals surface area contributed by atoms with Crippen LogP contribution in [-0.4, -0.2) is 120 Å². The summed E-state index contributed by atoms with van der Waals surface area (Å²) in [5.74, 6) is -2.12. The van der Waals surface area contributed by atoms with E-state index in [-0.39, 0.29) is 13.0 Å². The van der Waals surface area contributed by atoms with Gasteiger partial charge in [-0.2, -0.15) is 0 Å². The fraction of sp³-hybridized carbons (Fsp3) is 0.462. The number of primary amides is 1. The first-order chi connectivity index (χ1) is 28.1. The maximum Gasteiger partial charge on any atom is 0.312 e. The van der Waals surface area contributed by atoms with Gasteiger partial charge in [0.15, 0.2) is 0 Å². The molecule has 0 heterocycles. The number of carboxylic acid groups (broad SMARTS) is 1. The van der Waals surface area contributed by atoms with Crippen LogP contribution in [0.1, 0.15) is 37.8 Å². The molecule has 3 rings (SSSR count). The highest BCUT2D eigenvalue weighted by Gasteiger charge is 2.22. The number of urea groups is 1. The van der Waals surface area contributed by atoms with Crippen LogP contribution >= 0.6 is 0 Å². The lowest BCUT2D eigenvalue weighted by Crippen LogP contribution is -2.49. The molecule has 0 aliphatic carbocycles. The van der Waals surface area contributed by atoms with Gasteiger partial charge in [0.25, 0.3) is 0 Å². The van der Waals surface area contributed by atoms with E-state index in [4.69, 9.17) is 34.9 Å². The number of hydrogen-bond acceptors (Lipinski definition) is 11. The Bertz CT molecular complexity index is 1820. The molecule has 0 aromatic heterocycles. The van der Waals surface area contributed by atoms with Crippen molar-refractivity contribution in [2.75, 3.05) is 79.1 Å². The predicted molar refractivity (Wildman–Crippen MR) is 213 cm³/mol. The number of nitrogens with two attached hydrogens (primary N) is 1. The van der Waals surface area contributed by atoms with Crippen molar-refractivity contribution in [2.24, 2.45) is 10.8 Å². The smallest absolute Gasteiger partial charge is 0.312 e. The van der Waals surface area contributed by atoms with Crippen molar-refractivity contribution in [1.29, 1.82) is 0 Å². The van der Waals surface area contributed by atoms with Gasteiger partial charge in [-0.1, -0.05) is 59.7 Å². The number of fused-ring (bicyclic) bond motifs is 1. The van der Waals surface area contributed by atoms with Crippen LogP contribution in [0.15, 0.2) is 65.8 Å². The Balaban J connectivity index is 1.49. The van der Waals surface area contributed by atoms with E-state index in [0.717, 1.165) is 21.9 Å². The highest BCUT2D eigenvalue weighted by atomic mass is 16.6. The van der Waals surface area contributed by atoms with E-state index in [1.54, 1.807) is 12.1 Å². The molecule has 58 heavy (non-hydrogen) atoms. The van der Waals surface area contributed by atoms with Gasteiger partial charge >= 0.3 is 12.0 Å². The van der Waals surface area contributed by atoms with Gasteiger partial charge in [0.1, 0.15) is 18.4 Å². The maximum absolute atomic E-state index is 12.9. The second-order valence-electron chi connectivity index (χ2n) is 12.7. The number of carbonyl (C=O) groups excluding carboxylic acids is 4. The van der Waals surface area contributed by atoms with Gasteiger partial charge in [-0.15, -0.1) is 0 Å². The van der Waals surface area contributed by atoms with Crippen LogP contribution in [0.3, 0.4) is 0 Å². The van der Waals surface area contributed by atoms with E-state index in [9.17, 15) is 29.1 Å². The fourth-order valence-electron chi connectivity index (χ4n) is 5.66. The van der Waals surface area contributed by atoms with Crippen LogP contribution in [0.2, 0.25) is 0 Å². The SMILES string of the molecule is CC(=O)NC(CCCNC(N)=O)C(=O)NCC(=O)NC(CC(=O)O)c1ccc(-c2ccc(OCCOCCOCCOCCOCCN=[N+]=[N-])c3ccccc23)cc1. The summed E-state index contributed by atoms with van der Waals surface area (Å²) < 4.78 is 27.9. The summed E-state index contributed by atoms with van der Waals surface area (Å²) in [5.41, 5.74) is 15.6. The topological polar surface area (TPSA) is 275 Å². The molecule has 0 saturated carbocycles. The molecule has 5 amide bonds. The zero-order chi connectivity index (χ0) is 42.0. The van der Waals surface area contributed by atoms with Gasteiger partial charge in [-0.25, -0.2) is 4.79 Å². The molecule has 0 bridgehead atoms. The lowest BCUT2D eigenvalue weighted by molar-refractivity contribution is -0.138. The molecule has 0 radical (unpaired) electrons. The van der Waals surface area contributed by atoms with E-state index < -0.39 is 54.8 Å². The quantitative estimate of drug-likeness (QED) is 0.0257. The highest BCUT2D eigenvalue weighted by Crippen LogP contribution is 2.35. The number of benzene rings is 3. The summed E-state index contributed by atoms with van der Waals surface area (Å²) in [6.07, 6.45) is 0.118. The monoisotopic (exact) mass is 808 g/mol. The van der Waals surface area contributed by atoms with E-state index in [0.29, 0.717) is 83.7 Å². The van der Waals surface area contributed by atoms with Crippen LogP contribution < -0.4 is 31.7 Å². The molecule has 0 aliphatic rings. The van der Waals surface area contributed by atoms with Crippen molar-refractivity contribution in [3.05, 3.63) is 76.7 Å². The number of aliphatic carboxylic acids is 1. The molecule has 0 saturated heterocycles.